The number of rotatable bonds is 4. The molecule has 5 heteroatoms. The fraction of sp³-hybridized carbons (Fsp3) is 0.240. The quantitative estimate of drug-likeness (QED) is 0.521. The van der Waals surface area contributed by atoms with Crippen molar-refractivity contribution in [1.82, 2.24) is 19.5 Å². The summed E-state index contributed by atoms with van der Waals surface area (Å²) in [5, 5.41) is 12.3. The van der Waals surface area contributed by atoms with Crippen molar-refractivity contribution < 1.29 is 5.21 Å². The van der Waals surface area contributed by atoms with Gasteiger partial charge in [-0.05, 0) is 25.2 Å². The molecule has 152 valence electrons. The molecular formula is C25H26N4O. The molecule has 3 heterocycles. The maximum Gasteiger partial charge on any atom is 0.0930 e. The highest BCUT2D eigenvalue weighted by Crippen LogP contribution is 2.41. The monoisotopic (exact) mass is 398 g/mol. The van der Waals surface area contributed by atoms with Crippen molar-refractivity contribution in [3.05, 3.63) is 90.3 Å². The molecule has 0 amide bonds. The molecule has 30 heavy (non-hydrogen) atoms. The zero-order chi connectivity index (χ0) is 20.5. The number of para-hydroxylation sites is 1. The second kappa shape index (κ2) is 7.94. The SMILES string of the molecule is CN1CCN(C(c2ccccn2)c2c(-c3ccccc3)n(O)c3ccccc23)CC1. The van der Waals surface area contributed by atoms with E-state index in [2.05, 4.69) is 41.1 Å². The van der Waals surface area contributed by atoms with E-state index < -0.39 is 0 Å². The van der Waals surface area contributed by atoms with Gasteiger partial charge in [-0.2, -0.15) is 4.73 Å². The van der Waals surface area contributed by atoms with Gasteiger partial charge >= 0.3 is 0 Å². The zero-order valence-corrected chi connectivity index (χ0v) is 17.1. The molecule has 1 N–H and O–H groups in total. The minimum absolute atomic E-state index is 0.0339. The van der Waals surface area contributed by atoms with Gasteiger partial charge < -0.3 is 10.1 Å². The largest absolute Gasteiger partial charge is 0.428 e. The Morgan fingerprint density at radius 2 is 1.53 bits per heavy atom. The number of likely N-dealkylation sites (N-methyl/N-ethyl adjacent to an activating group) is 1. The predicted octanol–water partition coefficient (Wildman–Crippen LogP) is 4.28. The molecule has 0 aliphatic carbocycles. The van der Waals surface area contributed by atoms with Crippen LogP contribution in [0.1, 0.15) is 17.3 Å². The van der Waals surface area contributed by atoms with Crippen LogP contribution in [-0.4, -0.2) is 57.9 Å². The number of aromatic nitrogens is 2. The van der Waals surface area contributed by atoms with Crippen LogP contribution >= 0.6 is 0 Å². The van der Waals surface area contributed by atoms with Gasteiger partial charge in [0.15, 0.2) is 0 Å². The van der Waals surface area contributed by atoms with E-state index in [0.29, 0.717) is 0 Å². The first-order valence-corrected chi connectivity index (χ1v) is 10.5. The van der Waals surface area contributed by atoms with Gasteiger partial charge in [-0.1, -0.05) is 54.6 Å². The first-order chi connectivity index (χ1) is 14.7. The lowest BCUT2D eigenvalue weighted by Gasteiger charge is -2.38. The van der Waals surface area contributed by atoms with E-state index in [1.807, 2.05) is 54.7 Å². The Bertz CT molecular complexity index is 1130. The lowest BCUT2D eigenvalue weighted by molar-refractivity contribution is 0.125. The van der Waals surface area contributed by atoms with Crippen LogP contribution in [0.5, 0.6) is 0 Å². The van der Waals surface area contributed by atoms with Crippen LogP contribution in [0.15, 0.2) is 79.0 Å². The molecule has 2 aromatic heterocycles. The maximum absolute atomic E-state index is 11.2. The lowest BCUT2D eigenvalue weighted by atomic mass is 9.94. The summed E-state index contributed by atoms with van der Waals surface area (Å²) in [4.78, 5) is 9.61. The molecule has 2 aromatic carbocycles. The summed E-state index contributed by atoms with van der Waals surface area (Å²) in [6.45, 7) is 3.94. The number of benzene rings is 2. The van der Waals surface area contributed by atoms with Crippen LogP contribution in [0, 0.1) is 0 Å². The van der Waals surface area contributed by atoms with E-state index in [0.717, 1.165) is 59.6 Å². The topological polar surface area (TPSA) is 44.5 Å². The van der Waals surface area contributed by atoms with Crippen molar-refractivity contribution in [3.8, 4) is 11.3 Å². The van der Waals surface area contributed by atoms with Crippen molar-refractivity contribution in [2.45, 2.75) is 6.04 Å². The number of hydrogen-bond acceptors (Lipinski definition) is 4. The molecule has 5 nitrogen and oxygen atoms in total. The van der Waals surface area contributed by atoms with Crippen molar-refractivity contribution in [1.29, 1.82) is 0 Å². The molecule has 1 atom stereocenters. The van der Waals surface area contributed by atoms with Crippen LogP contribution in [0.4, 0.5) is 0 Å². The Morgan fingerprint density at radius 3 is 2.27 bits per heavy atom. The first-order valence-electron chi connectivity index (χ1n) is 10.5. The van der Waals surface area contributed by atoms with Crippen LogP contribution in [-0.2, 0) is 0 Å². The van der Waals surface area contributed by atoms with Crippen LogP contribution in [0.25, 0.3) is 22.2 Å². The summed E-state index contributed by atoms with van der Waals surface area (Å²) in [6.07, 6.45) is 1.86. The molecule has 1 fully saturated rings. The molecule has 5 rings (SSSR count). The van der Waals surface area contributed by atoms with Gasteiger partial charge in [-0.3, -0.25) is 9.88 Å². The molecular weight excluding hydrogens is 372 g/mol. The number of piperazine rings is 1. The molecule has 1 aliphatic rings. The first kappa shape index (κ1) is 18.9. The molecule has 1 saturated heterocycles. The van der Waals surface area contributed by atoms with Gasteiger partial charge in [0.05, 0.1) is 22.9 Å². The molecule has 1 unspecified atom stereocenters. The van der Waals surface area contributed by atoms with Gasteiger partial charge in [0.1, 0.15) is 0 Å². The Kier molecular flexibility index (Phi) is 4.99. The normalized spacial score (nSPS) is 16.7. The summed E-state index contributed by atoms with van der Waals surface area (Å²) in [5.74, 6) is 0. The molecule has 4 aromatic rings. The van der Waals surface area contributed by atoms with Gasteiger partial charge in [-0.15, -0.1) is 0 Å². The van der Waals surface area contributed by atoms with Crippen LogP contribution < -0.4 is 0 Å². The van der Waals surface area contributed by atoms with Crippen molar-refractivity contribution in [3.63, 3.8) is 0 Å². The average molecular weight is 399 g/mol. The second-order valence-corrected chi connectivity index (χ2v) is 7.95. The lowest BCUT2D eigenvalue weighted by Crippen LogP contribution is -2.46. The van der Waals surface area contributed by atoms with Crippen LogP contribution in [0.2, 0.25) is 0 Å². The van der Waals surface area contributed by atoms with Crippen molar-refractivity contribution >= 4 is 10.9 Å². The minimum atomic E-state index is -0.0339. The number of pyridine rings is 1. The summed E-state index contributed by atoms with van der Waals surface area (Å²) >= 11 is 0. The van der Waals surface area contributed by atoms with E-state index in [-0.39, 0.29) is 6.04 Å². The molecule has 0 spiro atoms. The fourth-order valence-electron chi connectivity index (χ4n) is 4.53. The Hall–Kier alpha value is -3.15. The second-order valence-electron chi connectivity index (χ2n) is 7.95. The maximum atomic E-state index is 11.2. The van der Waals surface area contributed by atoms with E-state index in [4.69, 9.17) is 4.98 Å². The third-order valence-corrected chi connectivity index (χ3v) is 6.08. The van der Waals surface area contributed by atoms with Gasteiger partial charge in [0.2, 0.25) is 0 Å². The number of fused-ring (bicyclic) bond motifs is 1. The van der Waals surface area contributed by atoms with E-state index in [1.54, 1.807) is 0 Å². The van der Waals surface area contributed by atoms with Crippen molar-refractivity contribution in [2.24, 2.45) is 0 Å². The van der Waals surface area contributed by atoms with Gasteiger partial charge in [-0.25, -0.2) is 0 Å². The third kappa shape index (κ3) is 3.26. The van der Waals surface area contributed by atoms with Crippen LogP contribution in [0.3, 0.4) is 0 Å². The minimum Gasteiger partial charge on any atom is -0.428 e. The summed E-state index contributed by atoms with van der Waals surface area (Å²) < 4.78 is 1.35. The average Bonchev–Trinajstić information content (AvgIpc) is 3.09. The Balaban J connectivity index is 1.78. The number of hydrogen-bond donors (Lipinski definition) is 1. The Labute approximate surface area is 176 Å². The van der Waals surface area contributed by atoms with E-state index in [1.165, 1.54) is 4.73 Å². The third-order valence-electron chi connectivity index (χ3n) is 6.08. The van der Waals surface area contributed by atoms with Gasteiger partial charge in [0.25, 0.3) is 0 Å². The predicted molar refractivity (Wildman–Crippen MR) is 120 cm³/mol. The molecule has 0 radical (unpaired) electrons. The van der Waals surface area contributed by atoms with E-state index >= 15 is 0 Å². The highest BCUT2D eigenvalue weighted by Gasteiger charge is 2.32. The highest BCUT2D eigenvalue weighted by atomic mass is 16.5. The Morgan fingerprint density at radius 1 is 0.833 bits per heavy atom. The highest BCUT2D eigenvalue weighted by molar-refractivity contribution is 5.92. The van der Waals surface area contributed by atoms with Gasteiger partial charge in [0, 0.05) is 48.9 Å². The molecule has 0 saturated carbocycles. The smallest absolute Gasteiger partial charge is 0.0930 e. The molecule has 1 aliphatic heterocycles. The number of nitrogens with zero attached hydrogens (tertiary/aromatic N) is 4. The fourth-order valence-corrected chi connectivity index (χ4v) is 4.53. The standard InChI is InChI=1S/C25H26N4O/c1-27-15-17-28(18-16-27)25(21-12-7-8-14-26-21)23-20-11-5-6-13-22(20)29(30)24(23)19-9-3-2-4-10-19/h2-14,25,30H,15-18H2,1H3. The zero-order valence-electron chi connectivity index (χ0n) is 17.1. The van der Waals surface area contributed by atoms with Crippen molar-refractivity contribution in [2.75, 3.05) is 33.2 Å². The summed E-state index contributed by atoms with van der Waals surface area (Å²) in [6, 6.07) is 24.3. The summed E-state index contributed by atoms with van der Waals surface area (Å²) in [7, 11) is 2.17. The van der Waals surface area contributed by atoms with E-state index in [9.17, 15) is 5.21 Å². The summed E-state index contributed by atoms with van der Waals surface area (Å²) in [5.41, 5.74) is 4.78. The molecule has 0 bridgehead atoms.